The highest BCUT2D eigenvalue weighted by atomic mass is 32.2. The van der Waals surface area contributed by atoms with Crippen LogP contribution in [0.5, 0.6) is 5.75 Å². The van der Waals surface area contributed by atoms with E-state index in [0.29, 0.717) is 0 Å². The molecule has 0 N–H and O–H groups in total. The van der Waals surface area contributed by atoms with Crippen LogP contribution in [0.3, 0.4) is 0 Å². The molecule has 0 bridgehead atoms. The van der Waals surface area contributed by atoms with Gasteiger partial charge >= 0.3 is 0 Å². The minimum atomic E-state index is 0.798. The molecule has 100 valence electrons. The lowest BCUT2D eigenvalue weighted by atomic mass is 10.1. The average molecular weight is 282 g/mol. The van der Waals surface area contributed by atoms with Crippen LogP contribution in [0.15, 0.2) is 53.6 Å². The summed E-state index contributed by atoms with van der Waals surface area (Å²) in [6.45, 7) is 0. The molecule has 0 fully saturated rings. The summed E-state index contributed by atoms with van der Waals surface area (Å²) in [7, 11) is 1.66. The second kappa shape index (κ2) is 5.51. The highest BCUT2D eigenvalue weighted by Crippen LogP contribution is 2.29. The molecular weight excluding hydrogens is 268 g/mol. The topological polar surface area (TPSA) is 35.0 Å². The molecule has 0 unspecified atom stereocenters. The Morgan fingerprint density at radius 2 is 1.75 bits per heavy atom. The molecule has 0 aliphatic rings. The minimum absolute atomic E-state index is 0.798. The van der Waals surface area contributed by atoms with Gasteiger partial charge in [-0.05, 0) is 18.4 Å². The van der Waals surface area contributed by atoms with E-state index in [4.69, 9.17) is 14.7 Å². The summed E-state index contributed by atoms with van der Waals surface area (Å²) >= 11 is 1.60. The summed E-state index contributed by atoms with van der Waals surface area (Å²) in [5.41, 5.74) is 3.74. The van der Waals surface area contributed by atoms with Gasteiger partial charge in [0.2, 0.25) is 0 Å². The largest absolute Gasteiger partial charge is 0.497 e. The Kier molecular flexibility index (Phi) is 3.56. The van der Waals surface area contributed by atoms with Crippen molar-refractivity contribution in [3.63, 3.8) is 0 Å². The molecule has 0 saturated heterocycles. The summed E-state index contributed by atoms with van der Waals surface area (Å²) in [4.78, 5) is 9.45. The van der Waals surface area contributed by atoms with E-state index in [0.717, 1.165) is 33.1 Å². The number of ether oxygens (including phenoxy) is 1. The third kappa shape index (κ3) is 2.34. The van der Waals surface area contributed by atoms with Crippen molar-refractivity contribution >= 4 is 22.8 Å². The second-order valence-electron chi connectivity index (χ2n) is 4.30. The highest BCUT2D eigenvalue weighted by molar-refractivity contribution is 7.98. The Bertz CT molecular complexity index is 744. The molecule has 3 aromatic rings. The normalized spacial score (nSPS) is 10.7. The van der Waals surface area contributed by atoms with E-state index in [9.17, 15) is 0 Å². The minimum Gasteiger partial charge on any atom is -0.497 e. The lowest BCUT2D eigenvalue weighted by Gasteiger charge is -2.09. The average Bonchev–Trinajstić information content (AvgIpc) is 2.53. The molecule has 0 amide bonds. The quantitative estimate of drug-likeness (QED) is 0.679. The maximum atomic E-state index is 5.24. The Hall–Kier alpha value is -2.07. The molecule has 0 saturated carbocycles. The number of rotatable bonds is 3. The van der Waals surface area contributed by atoms with Crippen LogP contribution in [0.2, 0.25) is 0 Å². The molecule has 0 aliphatic carbocycles. The van der Waals surface area contributed by atoms with E-state index >= 15 is 0 Å². The molecule has 2 aromatic carbocycles. The first-order chi connectivity index (χ1) is 9.81. The zero-order chi connectivity index (χ0) is 13.9. The first-order valence-electron chi connectivity index (χ1n) is 6.27. The van der Waals surface area contributed by atoms with Crippen molar-refractivity contribution in [2.45, 2.75) is 5.03 Å². The van der Waals surface area contributed by atoms with Gasteiger partial charge in [-0.1, -0.05) is 30.3 Å². The van der Waals surface area contributed by atoms with Crippen molar-refractivity contribution in [1.29, 1.82) is 0 Å². The van der Waals surface area contributed by atoms with Crippen molar-refractivity contribution in [2.75, 3.05) is 13.4 Å². The van der Waals surface area contributed by atoms with Gasteiger partial charge in [0.05, 0.1) is 18.1 Å². The molecule has 0 radical (unpaired) electrons. The third-order valence-electron chi connectivity index (χ3n) is 3.08. The van der Waals surface area contributed by atoms with Gasteiger partial charge in [0, 0.05) is 11.6 Å². The number of nitrogens with zero attached hydrogens (tertiary/aromatic N) is 2. The summed E-state index contributed by atoms with van der Waals surface area (Å²) in [6.07, 6.45) is 2.02. The van der Waals surface area contributed by atoms with Gasteiger partial charge < -0.3 is 4.74 Å². The van der Waals surface area contributed by atoms with Crippen LogP contribution in [-0.4, -0.2) is 23.3 Å². The van der Waals surface area contributed by atoms with Crippen molar-refractivity contribution < 1.29 is 4.74 Å². The third-order valence-corrected chi connectivity index (χ3v) is 3.75. The first-order valence-corrected chi connectivity index (χ1v) is 7.49. The van der Waals surface area contributed by atoms with Crippen LogP contribution < -0.4 is 4.74 Å². The smallest absolute Gasteiger partial charge is 0.123 e. The van der Waals surface area contributed by atoms with Gasteiger partial charge in [-0.2, -0.15) is 0 Å². The van der Waals surface area contributed by atoms with Crippen molar-refractivity contribution in [3.05, 3.63) is 48.5 Å². The maximum Gasteiger partial charge on any atom is 0.123 e. The van der Waals surface area contributed by atoms with Crippen LogP contribution in [0.4, 0.5) is 0 Å². The van der Waals surface area contributed by atoms with Gasteiger partial charge in [0.15, 0.2) is 0 Å². The predicted molar refractivity (Wildman–Crippen MR) is 83.3 cm³/mol. The van der Waals surface area contributed by atoms with Gasteiger partial charge in [-0.15, -0.1) is 11.8 Å². The molecular formula is C16H14N2OS. The lowest BCUT2D eigenvalue weighted by Crippen LogP contribution is -1.94. The molecule has 4 heteroatoms. The van der Waals surface area contributed by atoms with Crippen LogP contribution in [0.1, 0.15) is 0 Å². The van der Waals surface area contributed by atoms with Crippen molar-refractivity contribution in [3.8, 4) is 17.0 Å². The summed E-state index contributed by atoms with van der Waals surface area (Å²) in [5.74, 6) is 0.798. The van der Waals surface area contributed by atoms with E-state index < -0.39 is 0 Å². The Morgan fingerprint density at radius 1 is 0.950 bits per heavy atom. The summed E-state index contributed by atoms with van der Waals surface area (Å²) < 4.78 is 5.24. The predicted octanol–water partition coefficient (Wildman–Crippen LogP) is 4.03. The molecule has 0 spiro atoms. The molecule has 0 aliphatic heterocycles. The van der Waals surface area contributed by atoms with Crippen LogP contribution in [0.25, 0.3) is 22.3 Å². The van der Waals surface area contributed by atoms with E-state index in [2.05, 4.69) is 12.1 Å². The van der Waals surface area contributed by atoms with Crippen LogP contribution >= 0.6 is 11.8 Å². The fraction of sp³-hybridized carbons (Fsp3) is 0.125. The Morgan fingerprint density at radius 3 is 2.45 bits per heavy atom. The SMILES string of the molecule is COc1ccc2nc(-c3ccccc3)c(SC)nc2c1. The Balaban J connectivity index is 2.22. The first kappa shape index (κ1) is 12.9. The maximum absolute atomic E-state index is 5.24. The van der Waals surface area contributed by atoms with E-state index in [1.807, 2.05) is 42.7 Å². The molecule has 3 nitrogen and oxygen atoms in total. The van der Waals surface area contributed by atoms with Crippen LogP contribution in [0, 0.1) is 0 Å². The zero-order valence-electron chi connectivity index (χ0n) is 11.3. The molecule has 0 atom stereocenters. The van der Waals surface area contributed by atoms with Gasteiger partial charge in [0.25, 0.3) is 0 Å². The van der Waals surface area contributed by atoms with Crippen LogP contribution in [-0.2, 0) is 0 Å². The molecule has 1 heterocycles. The molecule has 20 heavy (non-hydrogen) atoms. The number of aromatic nitrogens is 2. The van der Waals surface area contributed by atoms with Crippen molar-refractivity contribution in [1.82, 2.24) is 9.97 Å². The van der Waals surface area contributed by atoms with E-state index in [-0.39, 0.29) is 0 Å². The molecule has 1 aromatic heterocycles. The fourth-order valence-electron chi connectivity index (χ4n) is 2.07. The molecule has 3 rings (SSSR count). The fourth-order valence-corrected chi connectivity index (χ4v) is 2.62. The number of thioether (sulfide) groups is 1. The van der Waals surface area contributed by atoms with Gasteiger partial charge in [-0.25, -0.2) is 9.97 Å². The monoisotopic (exact) mass is 282 g/mol. The highest BCUT2D eigenvalue weighted by Gasteiger charge is 2.10. The number of hydrogen-bond donors (Lipinski definition) is 0. The summed E-state index contributed by atoms with van der Waals surface area (Å²) in [5, 5.41) is 0.928. The van der Waals surface area contributed by atoms with Gasteiger partial charge in [-0.3, -0.25) is 0 Å². The van der Waals surface area contributed by atoms with Gasteiger partial charge in [0.1, 0.15) is 16.5 Å². The summed E-state index contributed by atoms with van der Waals surface area (Å²) in [6, 6.07) is 15.9. The van der Waals surface area contributed by atoms with E-state index in [1.54, 1.807) is 18.9 Å². The standard InChI is InChI=1S/C16H14N2OS/c1-19-12-8-9-13-14(10-12)18-16(20-2)15(17-13)11-6-4-3-5-7-11/h3-10H,1-2H3. The number of hydrogen-bond acceptors (Lipinski definition) is 4. The zero-order valence-corrected chi connectivity index (χ0v) is 12.1. The Labute approximate surface area is 122 Å². The lowest BCUT2D eigenvalue weighted by molar-refractivity contribution is 0.415. The number of fused-ring (bicyclic) bond motifs is 1. The number of benzene rings is 2. The second-order valence-corrected chi connectivity index (χ2v) is 5.10. The van der Waals surface area contributed by atoms with E-state index in [1.165, 1.54) is 0 Å². The van der Waals surface area contributed by atoms with Crippen molar-refractivity contribution in [2.24, 2.45) is 0 Å². The number of methoxy groups -OCH3 is 1.